The Morgan fingerprint density at radius 3 is 2.38 bits per heavy atom. The minimum atomic E-state index is -0.835. The molecule has 2 aromatic carbocycles. The highest BCUT2D eigenvalue weighted by molar-refractivity contribution is 7.98. The summed E-state index contributed by atoms with van der Waals surface area (Å²) in [6.45, 7) is 0.832. The number of thioether (sulfide) groups is 1. The van der Waals surface area contributed by atoms with Crippen LogP contribution in [0.3, 0.4) is 0 Å². The molecule has 0 radical (unpaired) electrons. The van der Waals surface area contributed by atoms with E-state index in [2.05, 4.69) is 29.6 Å². The van der Waals surface area contributed by atoms with E-state index in [9.17, 15) is 19.5 Å². The van der Waals surface area contributed by atoms with Crippen LogP contribution in [0.4, 0.5) is 4.79 Å². The molecule has 7 nitrogen and oxygen atoms in total. The lowest BCUT2D eigenvalue weighted by molar-refractivity contribution is -0.144. The summed E-state index contributed by atoms with van der Waals surface area (Å²) in [4.78, 5) is 39.1. The molecule has 2 amide bonds. The normalized spacial score (nSPS) is 23.0. The van der Waals surface area contributed by atoms with E-state index in [1.165, 1.54) is 0 Å². The minimum absolute atomic E-state index is 0.0182. The topological polar surface area (TPSA) is 95.9 Å². The smallest absolute Gasteiger partial charge is 0.407 e. The van der Waals surface area contributed by atoms with Gasteiger partial charge in [0.2, 0.25) is 5.91 Å². The predicted octanol–water partition coefficient (Wildman–Crippen LogP) is 3.58. The number of amides is 2. The number of nitrogens with zero attached hydrogens (tertiary/aromatic N) is 1. The van der Waals surface area contributed by atoms with E-state index in [0.29, 0.717) is 25.1 Å². The molecule has 2 N–H and O–H groups in total. The summed E-state index contributed by atoms with van der Waals surface area (Å²) in [7, 11) is 0. The number of rotatable bonds is 8. The van der Waals surface area contributed by atoms with Gasteiger partial charge in [-0.25, -0.2) is 4.79 Å². The fraction of sp³-hybridized carbons (Fsp3) is 0.423. The van der Waals surface area contributed by atoms with Gasteiger partial charge in [0.15, 0.2) is 0 Å². The third-order valence-electron chi connectivity index (χ3n) is 7.43. The van der Waals surface area contributed by atoms with Crippen LogP contribution in [0, 0.1) is 11.3 Å². The molecule has 2 fully saturated rings. The minimum Gasteiger partial charge on any atom is -0.481 e. The average Bonchev–Trinajstić information content (AvgIpc) is 3.27. The number of carbonyl (C=O) groups excluding carboxylic acids is 2. The summed E-state index contributed by atoms with van der Waals surface area (Å²) < 4.78 is 5.63. The zero-order chi connectivity index (χ0) is 23.9. The number of carbonyl (C=O) groups is 3. The SMILES string of the molecule is CSCC[C@@H](NC(=O)OCC1c2ccccc2-c2ccccc21)C(=O)N1CC2CC2(C(=O)O)C1. The second kappa shape index (κ2) is 8.98. The number of carboxylic acids is 1. The van der Waals surface area contributed by atoms with Crippen molar-refractivity contribution in [2.24, 2.45) is 11.3 Å². The molecule has 0 aromatic heterocycles. The molecule has 178 valence electrons. The Balaban J connectivity index is 1.23. The Kier molecular flexibility index (Phi) is 6.02. The van der Waals surface area contributed by atoms with Gasteiger partial charge in [0.05, 0.1) is 5.41 Å². The van der Waals surface area contributed by atoms with Gasteiger partial charge in [-0.3, -0.25) is 9.59 Å². The summed E-state index contributed by atoms with van der Waals surface area (Å²) >= 11 is 1.59. The highest BCUT2D eigenvalue weighted by Crippen LogP contribution is 2.58. The zero-order valence-corrected chi connectivity index (χ0v) is 19.8. The summed E-state index contributed by atoms with van der Waals surface area (Å²) in [6.07, 6.45) is 2.41. The molecule has 3 atom stereocenters. The van der Waals surface area contributed by atoms with Crippen molar-refractivity contribution in [1.29, 1.82) is 0 Å². The molecule has 2 aliphatic carbocycles. The van der Waals surface area contributed by atoms with Crippen molar-refractivity contribution in [3.8, 4) is 11.1 Å². The van der Waals surface area contributed by atoms with Crippen LogP contribution < -0.4 is 5.32 Å². The molecule has 3 aliphatic rings. The van der Waals surface area contributed by atoms with Gasteiger partial charge < -0.3 is 20.1 Å². The van der Waals surface area contributed by atoms with Crippen LogP contribution in [0.25, 0.3) is 11.1 Å². The van der Waals surface area contributed by atoms with Crippen molar-refractivity contribution < 1.29 is 24.2 Å². The fourth-order valence-corrected chi connectivity index (χ4v) is 5.95. The van der Waals surface area contributed by atoms with Crippen molar-refractivity contribution in [3.63, 3.8) is 0 Å². The fourth-order valence-electron chi connectivity index (χ4n) is 5.48. The van der Waals surface area contributed by atoms with E-state index >= 15 is 0 Å². The summed E-state index contributed by atoms with van der Waals surface area (Å²) in [5.41, 5.74) is 3.77. The molecular weight excluding hydrogens is 452 g/mol. The first-order valence-corrected chi connectivity index (χ1v) is 13.0. The van der Waals surface area contributed by atoms with Gasteiger partial charge in [0.1, 0.15) is 12.6 Å². The van der Waals surface area contributed by atoms with E-state index in [-0.39, 0.29) is 30.9 Å². The molecule has 34 heavy (non-hydrogen) atoms. The molecule has 2 unspecified atom stereocenters. The molecule has 1 aliphatic heterocycles. The van der Waals surface area contributed by atoms with Gasteiger partial charge in [-0.05, 0) is 53.0 Å². The van der Waals surface area contributed by atoms with E-state index < -0.39 is 23.5 Å². The first kappa shape index (κ1) is 22.8. The number of carboxylic acid groups (broad SMARTS) is 1. The second-order valence-corrected chi connectivity index (χ2v) is 10.4. The van der Waals surface area contributed by atoms with Crippen molar-refractivity contribution in [2.45, 2.75) is 24.8 Å². The number of likely N-dealkylation sites (tertiary alicyclic amines) is 1. The van der Waals surface area contributed by atoms with Crippen LogP contribution in [0.1, 0.15) is 29.9 Å². The summed E-state index contributed by atoms with van der Waals surface area (Å²) in [5, 5.41) is 12.3. The van der Waals surface area contributed by atoms with Crippen molar-refractivity contribution in [2.75, 3.05) is 31.7 Å². The molecule has 1 heterocycles. The maximum Gasteiger partial charge on any atom is 0.407 e. The first-order valence-electron chi connectivity index (χ1n) is 11.6. The number of alkyl carbamates (subject to hydrolysis) is 1. The number of piperidine rings is 1. The Bertz CT molecular complexity index is 1090. The zero-order valence-electron chi connectivity index (χ0n) is 19.0. The van der Waals surface area contributed by atoms with Crippen LogP contribution in [0.15, 0.2) is 48.5 Å². The molecule has 8 heteroatoms. The maximum atomic E-state index is 13.2. The number of fused-ring (bicyclic) bond motifs is 4. The van der Waals surface area contributed by atoms with Gasteiger partial charge in [-0.2, -0.15) is 11.8 Å². The van der Waals surface area contributed by atoms with Crippen LogP contribution >= 0.6 is 11.8 Å². The van der Waals surface area contributed by atoms with Crippen LogP contribution in [0.2, 0.25) is 0 Å². The molecule has 1 saturated carbocycles. The first-order chi connectivity index (χ1) is 16.4. The maximum absolute atomic E-state index is 13.2. The molecule has 0 spiro atoms. The standard InChI is InChI=1S/C26H28N2O5S/c1-34-11-10-22(23(29)28-13-16-12-26(16,15-28)24(30)31)27-25(32)33-14-21-19-8-4-2-6-17(19)18-7-3-5-9-20(18)21/h2-9,16,21-22H,10-15H2,1H3,(H,27,32)(H,30,31)/t16?,22-,26?/m1/s1. The molecule has 1 saturated heterocycles. The quantitative estimate of drug-likeness (QED) is 0.600. The number of benzene rings is 2. The number of ether oxygens (including phenoxy) is 1. The Morgan fingerprint density at radius 2 is 1.79 bits per heavy atom. The molecular formula is C26H28N2O5S. The number of hydrogen-bond donors (Lipinski definition) is 2. The van der Waals surface area contributed by atoms with Gasteiger partial charge in [-0.1, -0.05) is 48.5 Å². The van der Waals surface area contributed by atoms with Crippen molar-refractivity contribution in [3.05, 3.63) is 59.7 Å². The third-order valence-corrected chi connectivity index (χ3v) is 8.07. The highest BCUT2D eigenvalue weighted by Gasteiger charge is 2.66. The third kappa shape index (κ3) is 3.94. The molecule has 0 bridgehead atoms. The lowest BCUT2D eigenvalue weighted by Crippen LogP contribution is -2.49. The highest BCUT2D eigenvalue weighted by atomic mass is 32.2. The largest absolute Gasteiger partial charge is 0.481 e. The molecule has 5 rings (SSSR count). The Labute approximate surface area is 202 Å². The monoisotopic (exact) mass is 480 g/mol. The van der Waals surface area contributed by atoms with Gasteiger partial charge in [-0.15, -0.1) is 0 Å². The van der Waals surface area contributed by atoms with Crippen LogP contribution in [-0.2, 0) is 14.3 Å². The predicted molar refractivity (Wildman–Crippen MR) is 130 cm³/mol. The summed E-state index contributed by atoms with van der Waals surface area (Å²) in [5.74, 6) is -0.404. The number of aliphatic carboxylic acids is 1. The van der Waals surface area contributed by atoms with Crippen molar-refractivity contribution in [1.82, 2.24) is 10.2 Å². The second-order valence-electron chi connectivity index (χ2n) is 9.39. The Hall–Kier alpha value is -3.00. The average molecular weight is 481 g/mol. The van der Waals surface area contributed by atoms with E-state index in [0.717, 1.165) is 22.3 Å². The van der Waals surface area contributed by atoms with Crippen LogP contribution in [-0.4, -0.2) is 65.7 Å². The van der Waals surface area contributed by atoms with E-state index in [4.69, 9.17) is 4.74 Å². The lowest BCUT2D eigenvalue weighted by atomic mass is 9.98. The van der Waals surface area contributed by atoms with Crippen LogP contribution in [0.5, 0.6) is 0 Å². The van der Waals surface area contributed by atoms with Gasteiger partial charge in [0, 0.05) is 19.0 Å². The van der Waals surface area contributed by atoms with E-state index in [1.54, 1.807) is 16.7 Å². The summed E-state index contributed by atoms with van der Waals surface area (Å²) in [6, 6.07) is 15.5. The van der Waals surface area contributed by atoms with Gasteiger partial charge >= 0.3 is 12.1 Å². The lowest BCUT2D eigenvalue weighted by Gasteiger charge is -2.26. The molecule has 2 aromatic rings. The number of nitrogens with one attached hydrogen (secondary N) is 1. The Morgan fingerprint density at radius 1 is 1.15 bits per heavy atom. The van der Waals surface area contributed by atoms with Crippen molar-refractivity contribution >= 4 is 29.7 Å². The number of hydrogen-bond acceptors (Lipinski definition) is 5. The van der Waals surface area contributed by atoms with Gasteiger partial charge in [0.25, 0.3) is 0 Å². The van der Waals surface area contributed by atoms with E-state index in [1.807, 2.05) is 30.5 Å².